The third-order valence-corrected chi connectivity index (χ3v) is 3.38. The van der Waals surface area contributed by atoms with Crippen LogP contribution in [0.4, 0.5) is 4.39 Å². The van der Waals surface area contributed by atoms with Gasteiger partial charge in [-0.1, -0.05) is 24.3 Å². The summed E-state index contributed by atoms with van der Waals surface area (Å²) >= 11 is 3.17. The molecule has 2 rings (SSSR count). The van der Waals surface area contributed by atoms with Crippen LogP contribution in [0.15, 0.2) is 40.9 Å². The quantitative estimate of drug-likeness (QED) is 0.792. The molecule has 0 radical (unpaired) electrons. The van der Waals surface area contributed by atoms with E-state index in [1.807, 2.05) is 32.0 Å². The molecule has 0 aliphatic carbocycles. The minimum Gasteiger partial charge on any atom is -0.488 e. The average Bonchev–Trinajstić information content (AvgIpc) is 2.33. The van der Waals surface area contributed by atoms with Gasteiger partial charge in [0.25, 0.3) is 0 Å². The lowest BCUT2D eigenvalue weighted by Gasteiger charge is -2.12. The molecule has 0 saturated heterocycles. The minimum absolute atomic E-state index is 0.258. The number of rotatable bonds is 3. The van der Waals surface area contributed by atoms with Crippen LogP contribution in [-0.2, 0) is 6.61 Å². The molecular weight excluding hydrogens is 295 g/mol. The van der Waals surface area contributed by atoms with E-state index in [2.05, 4.69) is 15.9 Å². The van der Waals surface area contributed by atoms with Gasteiger partial charge < -0.3 is 4.74 Å². The van der Waals surface area contributed by atoms with Gasteiger partial charge in [0, 0.05) is 0 Å². The molecular formula is C15H14BrFO. The molecule has 0 aliphatic heterocycles. The molecule has 0 saturated carbocycles. The maximum atomic E-state index is 13.1. The van der Waals surface area contributed by atoms with Gasteiger partial charge in [-0.15, -0.1) is 0 Å². The van der Waals surface area contributed by atoms with Crippen LogP contribution in [0.5, 0.6) is 5.75 Å². The first-order chi connectivity index (χ1) is 8.58. The van der Waals surface area contributed by atoms with Crippen molar-refractivity contribution in [2.45, 2.75) is 20.5 Å². The van der Waals surface area contributed by atoms with Crippen LogP contribution in [0.1, 0.15) is 16.7 Å². The summed E-state index contributed by atoms with van der Waals surface area (Å²) in [6.07, 6.45) is 0. The molecule has 1 nitrogen and oxygen atoms in total. The van der Waals surface area contributed by atoms with Crippen molar-refractivity contribution in [3.8, 4) is 5.75 Å². The van der Waals surface area contributed by atoms with E-state index in [0.717, 1.165) is 22.4 Å². The van der Waals surface area contributed by atoms with Crippen LogP contribution in [0, 0.1) is 19.7 Å². The number of hydrogen-bond donors (Lipinski definition) is 0. The molecule has 0 atom stereocenters. The highest BCUT2D eigenvalue weighted by Gasteiger charge is 2.05. The van der Waals surface area contributed by atoms with Crippen molar-refractivity contribution in [1.82, 2.24) is 0 Å². The Kier molecular flexibility index (Phi) is 4.02. The van der Waals surface area contributed by atoms with Gasteiger partial charge in [0.15, 0.2) is 0 Å². The monoisotopic (exact) mass is 308 g/mol. The van der Waals surface area contributed by atoms with E-state index in [4.69, 9.17) is 4.74 Å². The van der Waals surface area contributed by atoms with Gasteiger partial charge in [-0.25, -0.2) is 4.39 Å². The highest BCUT2D eigenvalue weighted by atomic mass is 79.9. The SMILES string of the molecule is Cc1cccc(C)c1OCc1ccc(F)c(Br)c1. The Morgan fingerprint density at radius 3 is 2.39 bits per heavy atom. The molecule has 3 heteroatoms. The summed E-state index contributed by atoms with van der Waals surface area (Å²) < 4.78 is 19.4. The Balaban J connectivity index is 2.14. The van der Waals surface area contributed by atoms with E-state index in [-0.39, 0.29) is 5.82 Å². The first-order valence-electron chi connectivity index (χ1n) is 5.71. The molecule has 0 unspecified atom stereocenters. The summed E-state index contributed by atoms with van der Waals surface area (Å²) in [5.41, 5.74) is 3.15. The molecule has 2 aromatic carbocycles. The standard InChI is InChI=1S/C15H14BrFO/c1-10-4-3-5-11(2)15(10)18-9-12-6-7-14(17)13(16)8-12/h3-8H,9H2,1-2H3. The molecule has 0 spiro atoms. The van der Waals surface area contributed by atoms with Crippen LogP contribution >= 0.6 is 15.9 Å². The summed E-state index contributed by atoms with van der Waals surface area (Å²) in [7, 11) is 0. The number of benzene rings is 2. The topological polar surface area (TPSA) is 9.23 Å². The predicted molar refractivity (Wildman–Crippen MR) is 74.3 cm³/mol. The zero-order valence-corrected chi connectivity index (χ0v) is 11.9. The van der Waals surface area contributed by atoms with E-state index in [0.29, 0.717) is 11.1 Å². The molecule has 0 heterocycles. The molecule has 0 aromatic heterocycles. The number of hydrogen-bond acceptors (Lipinski definition) is 1. The van der Waals surface area contributed by atoms with Gasteiger partial charge in [0.1, 0.15) is 18.2 Å². The number of aryl methyl sites for hydroxylation is 2. The Morgan fingerprint density at radius 1 is 1.11 bits per heavy atom. The fourth-order valence-electron chi connectivity index (χ4n) is 1.81. The molecule has 94 valence electrons. The molecule has 2 aromatic rings. The molecule has 0 bridgehead atoms. The lowest BCUT2D eigenvalue weighted by Crippen LogP contribution is -1.99. The van der Waals surface area contributed by atoms with Gasteiger partial charge in [-0.2, -0.15) is 0 Å². The Labute approximate surface area is 115 Å². The van der Waals surface area contributed by atoms with Crippen molar-refractivity contribution < 1.29 is 9.13 Å². The molecule has 0 fully saturated rings. The van der Waals surface area contributed by atoms with Crippen LogP contribution in [0.2, 0.25) is 0 Å². The van der Waals surface area contributed by atoms with Crippen molar-refractivity contribution in [1.29, 1.82) is 0 Å². The largest absolute Gasteiger partial charge is 0.488 e. The van der Waals surface area contributed by atoms with Crippen molar-refractivity contribution in [3.05, 3.63) is 63.4 Å². The summed E-state index contributed by atoms with van der Waals surface area (Å²) in [6.45, 7) is 4.47. The predicted octanol–water partition coefficient (Wildman–Crippen LogP) is 4.78. The van der Waals surface area contributed by atoms with Gasteiger partial charge in [0.2, 0.25) is 0 Å². The van der Waals surface area contributed by atoms with Crippen LogP contribution in [0.25, 0.3) is 0 Å². The minimum atomic E-state index is -0.258. The Morgan fingerprint density at radius 2 is 1.78 bits per heavy atom. The van der Waals surface area contributed by atoms with Crippen LogP contribution in [0.3, 0.4) is 0 Å². The van der Waals surface area contributed by atoms with E-state index in [1.165, 1.54) is 6.07 Å². The van der Waals surface area contributed by atoms with E-state index < -0.39 is 0 Å². The summed E-state index contributed by atoms with van der Waals surface area (Å²) in [4.78, 5) is 0. The van der Waals surface area contributed by atoms with Gasteiger partial charge >= 0.3 is 0 Å². The third-order valence-electron chi connectivity index (χ3n) is 2.78. The number of halogens is 2. The highest BCUT2D eigenvalue weighted by Crippen LogP contribution is 2.24. The lowest BCUT2D eigenvalue weighted by atomic mass is 10.1. The van der Waals surface area contributed by atoms with E-state index in [1.54, 1.807) is 12.1 Å². The number of para-hydroxylation sites is 1. The number of ether oxygens (including phenoxy) is 1. The van der Waals surface area contributed by atoms with Gasteiger partial charge in [-0.05, 0) is 58.6 Å². The van der Waals surface area contributed by atoms with Crippen molar-refractivity contribution in [3.63, 3.8) is 0 Å². The fraction of sp³-hybridized carbons (Fsp3) is 0.200. The maximum Gasteiger partial charge on any atom is 0.137 e. The van der Waals surface area contributed by atoms with Crippen molar-refractivity contribution >= 4 is 15.9 Å². The van der Waals surface area contributed by atoms with E-state index in [9.17, 15) is 4.39 Å². The maximum absolute atomic E-state index is 13.1. The fourth-order valence-corrected chi connectivity index (χ4v) is 2.24. The zero-order valence-electron chi connectivity index (χ0n) is 10.3. The second kappa shape index (κ2) is 5.53. The molecule has 0 amide bonds. The van der Waals surface area contributed by atoms with Crippen molar-refractivity contribution in [2.24, 2.45) is 0 Å². The molecule has 0 N–H and O–H groups in total. The van der Waals surface area contributed by atoms with Crippen molar-refractivity contribution in [2.75, 3.05) is 0 Å². The second-order valence-corrected chi connectivity index (χ2v) is 5.11. The third kappa shape index (κ3) is 2.91. The van der Waals surface area contributed by atoms with Crippen LogP contribution < -0.4 is 4.74 Å². The van der Waals surface area contributed by atoms with Gasteiger partial charge in [-0.3, -0.25) is 0 Å². The zero-order chi connectivity index (χ0) is 13.1. The normalized spacial score (nSPS) is 10.4. The highest BCUT2D eigenvalue weighted by molar-refractivity contribution is 9.10. The second-order valence-electron chi connectivity index (χ2n) is 4.26. The van der Waals surface area contributed by atoms with Crippen LogP contribution in [-0.4, -0.2) is 0 Å². The summed E-state index contributed by atoms with van der Waals surface area (Å²) in [5, 5.41) is 0. The van der Waals surface area contributed by atoms with E-state index >= 15 is 0 Å². The molecule has 18 heavy (non-hydrogen) atoms. The first-order valence-corrected chi connectivity index (χ1v) is 6.50. The Hall–Kier alpha value is -1.35. The smallest absolute Gasteiger partial charge is 0.137 e. The lowest BCUT2D eigenvalue weighted by molar-refractivity contribution is 0.301. The summed E-state index contributed by atoms with van der Waals surface area (Å²) in [6, 6.07) is 10.9. The average molecular weight is 309 g/mol. The first kappa shape index (κ1) is 13.1. The molecule has 0 aliphatic rings. The Bertz CT molecular complexity index is 546. The summed E-state index contributed by atoms with van der Waals surface area (Å²) in [5.74, 6) is 0.642. The van der Waals surface area contributed by atoms with Gasteiger partial charge in [0.05, 0.1) is 4.47 Å².